The zero-order valence-electron chi connectivity index (χ0n) is 17.4. The van der Waals surface area contributed by atoms with E-state index in [1.165, 1.54) is 0 Å². The van der Waals surface area contributed by atoms with Gasteiger partial charge in [0.15, 0.2) is 0 Å². The highest BCUT2D eigenvalue weighted by atomic mass is 16.5. The lowest BCUT2D eigenvalue weighted by molar-refractivity contribution is -0.143. The average molecular weight is 405 g/mol. The monoisotopic (exact) mass is 405 g/mol. The van der Waals surface area contributed by atoms with Crippen molar-refractivity contribution in [1.29, 1.82) is 0 Å². The van der Waals surface area contributed by atoms with Crippen LogP contribution in [0.25, 0.3) is 17.2 Å². The van der Waals surface area contributed by atoms with Crippen molar-refractivity contribution in [2.75, 3.05) is 13.2 Å². The van der Waals surface area contributed by atoms with Gasteiger partial charge in [-0.1, -0.05) is 36.4 Å². The fourth-order valence-electron chi connectivity index (χ4n) is 3.61. The first-order chi connectivity index (χ1) is 14.5. The van der Waals surface area contributed by atoms with E-state index in [1.807, 2.05) is 55.5 Å². The van der Waals surface area contributed by atoms with Gasteiger partial charge in [-0.05, 0) is 71.9 Å². The molecule has 2 aromatic rings. The van der Waals surface area contributed by atoms with Gasteiger partial charge in [0.1, 0.15) is 5.75 Å². The summed E-state index contributed by atoms with van der Waals surface area (Å²) in [6, 6.07) is 16.0. The molecule has 5 heteroatoms. The molecule has 1 aliphatic carbocycles. The number of primary amides is 1. The third-order valence-corrected chi connectivity index (χ3v) is 5.02. The van der Waals surface area contributed by atoms with Crippen LogP contribution in [-0.4, -0.2) is 25.1 Å². The topological polar surface area (TPSA) is 78.6 Å². The molecular weight excluding hydrogens is 378 g/mol. The Balaban J connectivity index is 1.83. The third-order valence-electron chi connectivity index (χ3n) is 5.02. The van der Waals surface area contributed by atoms with Gasteiger partial charge in [0, 0.05) is 6.42 Å². The molecule has 156 valence electrons. The van der Waals surface area contributed by atoms with E-state index in [1.54, 1.807) is 6.92 Å². The summed E-state index contributed by atoms with van der Waals surface area (Å²) in [6.45, 7) is 4.61. The van der Waals surface area contributed by atoms with E-state index in [-0.39, 0.29) is 18.3 Å². The number of rotatable bonds is 9. The van der Waals surface area contributed by atoms with Gasteiger partial charge in [-0.15, -0.1) is 0 Å². The Bertz CT molecular complexity index is 989. The lowest BCUT2D eigenvalue weighted by atomic mass is 10.0. The second-order valence-corrected chi connectivity index (χ2v) is 7.18. The van der Waals surface area contributed by atoms with E-state index in [0.29, 0.717) is 31.8 Å². The lowest BCUT2D eigenvalue weighted by Gasteiger charge is -2.10. The van der Waals surface area contributed by atoms with Crippen LogP contribution in [0.4, 0.5) is 0 Å². The van der Waals surface area contributed by atoms with E-state index in [9.17, 15) is 9.59 Å². The summed E-state index contributed by atoms with van der Waals surface area (Å²) in [5.41, 5.74) is 11.7. The van der Waals surface area contributed by atoms with Gasteiger partial charge >= 0.3 is 5.97 Å². The number of hydrogen-bond donors (Lipinski definition) is 1. The zero-order valence-corrected chi connectivity index (χ0v) is 17.4. The number of carbonyl (C=O) groups is 2. The minimum absolute atomic E-state index is 0.178. The minimum Gasteiger partial charge on any atom is -0.494 e. The van der Waals surface area contributed by atoms with Crippen molar-refractivity contribution < 1.29 is 19.1 Å². The maximum Gasteiger partial charge on any atom is 0.305 e. The Kier molecular flexibility index (Phi) is 7.07. The van der Waals surface area contributed by atoms with Crippen molar-refractivity contribution in [1.82, 2.24) is 0 Å². The molecule has 0 heterocycles. The van der Waals surface area contributed by atoms with Crippen LogP contribution in [0.1, 0.15) is 49.8 Å². The van der Waals surface area contributed by atoms with Gasteiger partial charge in [0.2, 0.25) is 5.91 Å². The number of esters is 1. The minimum atomic E-state index is -0.364. The number of hydrogen-bond acceptors (Lipinski definition) is 4. The highest BCUT2D eigenvalue weighted by molar-refractivity contribution is 6.08. The van der Waals surface area contributed by atoms with Crippen LogP contribution in [0, 0.1) is 0 Å². The highest BCUT2D eigenvalue weighted by Crippen LogP contribution is 2.44. The molecule has 0 bridgehead atoms. The van der Waals surface area contributed by atoms with Gasteiger partial charge in [-0.2, -0.15) is 0 Å². The fourth-order valence-corrected chi connectivity index (χ4v) is 3.61. The molecule has 0 saturated heterocycles. The Morgan fingerprint density at radius 2 is 1.83 bits per heavy atom. The molecule has 0 unspecified atom stereocenters. The van der Waals surface area contributed by atoms with Crippen LogP contribution in [-0.2, 0) is 14.3 Å². The van der Waals surface area contributed by atoms with Crippen molar-refractivity contribution in [3.05, 3.63) is 70.8 Å². The average Bonchev–Trinajstić information content (AvgIpc) is 2.97. The number of amides is 1. The van der Waals surface area contributed by atoms with Crippen molar-refractivity contribution in [2.24, 2.45) is 5.73 Å². The third kappa shape index (κ3) is 5.17. The van der Waals surface area contributed by atoms with Gasteiger partial charge in [-0.3, -0.25) is 9.59 Å². The molecule has 0 fully saturated rings. The summed E-state index contributed by atoms with van der Waals surface area (Å²) in [7, 11) is 0. The normalized spacial score (nSPS) is 14.0. The first-order valence-electron chi connectivity index (χ1n) is 10.2. The molecule has 1 amide bonds. The molecule has 1 aliphatic rings. The van der Waals surface area contributed by atoms with E-state index in [2.05, 4.69) is 6.08 Å². The van der Waals surface area contributed by atoms with E-state index >= 15 is 0 Å². The molecule has 2 aromatic carbocycles. The first-order valence-corrected chi connectivity index (χ1v) is 10.2. The number of carbonyl (C=O) groups excluding carboxylic acids is 2. The molecule has 0 spiro atoms. The highest BCUT2D eigenvalue weighted by Gasteiger charge is 2.25. The molecule has 0 radical (unpaired) electrons. The van der Waals surface area contributed by atoms with Gasteiger partial charge in [0.25, 0.3) is 0 Å². The molecular formula is C25H27NO4. The number of ether oxygens (including phenoxy) is 2. The summed E-state index contributed by atoms with van der Waals surface area (Å²) in [4.78, 5) is 23.1. The predicted octanol–water partition coefficient (Wildman–Crippen LogP) is 4.61. The quantitative estimate of drug-likeness (QED) is 0.488. The molecule has 2 N–H and O–H groups in total. The molecule has 30 heavy (non-hydrogen) atoms. The van der Waals surface area contributed by atoms with E-state index in [4.69, 9.17) is 15.2 Å². The van der Waals surface area contributed by atoms with Crippen LogP contribution in [0.2, 0.25) is 0 Å². The number of nitrogens with two attached hydrogens (primary N) is 1. The number of allylic oxidation sites excluding steroid dienone is 2. The maximum atomic E-state index is 11.7. The van der Waals surface area contributed by atoms with E-state index in [0.717, 1.165) is 33.4 Å². The summed E-state index contributed by atoms with van der Waals surface area (Å²) in [5, 5.41) is 0. The van der Waals surface area contributed by atoms with Crippen LogP contribution >= 0.6 is 0 Å². The number of fused-ring (bicyclic) bond motifs is 1. The molecule has 0 aromatic heterocycles. The van der Waals surface area contributed by atoms with Gasteiger partial charge < -0.3 is 15.2 Å². The molecule has 3 rings (SSSR count). The number of benzene rings is 2. The van der Waals surface area contributed by atoms with Crippen LogP contribution in [0.15, 0.2) is 54.1 Å². The second-order valence-electron chi connectivity index (χ2n) is 7.18. The second kappa shape index (κ2) is 9.92. The first kappa shape index (κ1) is 21.4. The summed E-state index contributed by atoms with van der Waals surface area (Å²) < 4.78 is 10.8. The predicted molar refractivity (Wildman–Crippen MR) is 119 cm³/mol. The Morgan fingerprint density at radius 1 is 1.07 bits per heavy atom. The lowest BCUT2D eigenvalue weighted by Crippen LogP contribution is -2.11. The van der Waals surface area contributed by atoms with Crippen molar-refractivity contribution in [3.8, 4) is 5.75 Å². The molecule has 0 atom stereocenters. The Labute approximate surface area is 177 Å². The van der Waals surface area contributed by atoms with E-state index < -0.39 is 0 Å². The molecule has 0 saturated carbocycles. The van der Waals surface area contributed by atoms with Crippen molar-refractivity contribution in [2.45, 2.75) is 33.1 Å². The SMILES string of the molecule is CCOC(=O)CCCOc1ccc2c(c1)C(CC(N)=O)=C(C)/C2=C/c1ccccc1. The van der Waals surface area contributed by atoms with Gasteiger partial charge in [0.05, 0.1) is 19.6 Å². The standard InChI is InChI=1S/C25H27NO4/c1-3-29-25(28)10-7-13-30-19-11-12-20-21(14-18-8-5-4-6-9-18)17(2)22(16-24(26)27)23(20)15-19/h4-6,8-9,11-12,14-15H,3,7,10,13,16H2,1-2H3,(H2,26,27)/b21-14-. The van der Waals surface area contributed by atoms with Crippen LogP contribution in [0.5, 0.6) is 5.75 Å². The summed E-state index contributed by atoms with van der Waals surface area (Å²) in [6.07, 6.45) is 3.21. The molecule has 5 nitrogen and oxygen atoms in total. The Hall–Kier alpha value is -3.34. The van der Waals surface area contributed by atoms with Crippen molar-refractivity contribution in [3.63, 3.8) is 0 Å². The van der Waals surface area contributed by atoms with Crippen molar-refractivity contribution >= 4 is 29.1 Å². The molecule has 0 aliphatic heterocycles. The summed E-state index contributed by atoms with van der Waals surface area (Å²) >= 11 is 0. The zero-order chi connectivity index (χ0) is 21.5. The Morgan fingerprint density at radius 3 is 2.53 bits per heavy atom. The fraction of sp³-hybridized carbons (Fsp3) is 0.280. The smallest absolute Gasteiger partial charge is 0.305 e. The van der Waals surface area contributed by atoms with Gasteiger partial charge in [-0.25, -0.2) is 0 Å². The maximum absolute atomic E-state index is 11.7. The van der Waals surface area contributed by atoms with Crippen LogP contribution in [0.3, 0.4) is 0 Å². The largest absolute Gasteiger partial charge is 0.494 e. The van der Waals surface area contributed by atoms with Crippen LogP contribution < -0.4 is 10.5 Å². The summed E-state index contributed by atoms with van der Waals surface area (Å²) in [5.74, 6) is 0.124.